The zero-order valence-corrected chi connectivity index (χ0v) is 11.6. The largest absolute Gasteiger partial charge is 0.480 e. The minimum absolute atomic E-state index is 0.0644. The van der Waals surface area contributed by atoms with Crippen LogP contribution in [-0.2, 0) is 4.79 Å². The molecule has 0 spiro atoms. The average Bonchev–Trinajstić information content (AvgIpc) is 2.42. The number of nitro groups is 1. The van der Waals surface area contributed by atoms with Crippen molar-refractivity contribution >= 4 is 29.3 Å². The highest BCUT2D eigenvalue weighted by molar-refractivity contribution is 7.98. The zero-order chi connectivity index (χ0) is 15.1. The summed E-state index contributed by atoms with van der Waals surface area (Å²) >= 11 is 1.47. The van der Waals surface area contributed by atoms with Crippen molar-refractivity contribution in [3.05, 3.63) is 39.9 Å². The maximum atomic E-state index is 11.9. The number of hydrogen-bond donors (Lipinski definition) is 2. The molecule has 0 aliphatic carbocycles. The van der Waals surface area contributed by atoms with Gasteiger partial charge in [-0.15, -0.1) is 0 Å². The van der Waals surface area contributed by atoms with Crippen LogP contribution in [0.2, 0.25) is 0 Å². The molecule has 0 heterocycles. The predicted octanol–water partition coefficient (Wildman–Crippen LogP) is 1.53. The number of amides is 1. The van der Waals surface area contributed by atoms with Crippen LogP contribution in [0.15, 0.2) is 24.3 Å². The number of nitro benzene ring substituents is 1. The Balaban J connectivity index is 2.80. The lowest BCUT2D eigenvalue weighted by Crippen LogP contribution is -2.41. The van der Waals surface area contributed by atoms with Gasteiger partial charge in [0.1, 0.15) is 6.04 Å². The predicted molar refractivity (Wildman–Crippen MR) is 75.0 cm³/mol. The first-order valence-electron chi connectivity index (χ1n) is 5.72. The van der Waals surface area contributed by atoms with Gasteiger partial charge in [0.2, 0.25) is 0 Å². The number of carbonyl (C=O) groups is 2. The van der Waals surface area contributed by atoms with E-state index in [0.29, 0.717) is 5.75 Å². The first-order chi connectivity index (χ1) is 9.45. The van der Waals surface area contributed by atoms with E-state index in [0.717, 1.165) is 6.07 Å². The van der Waals surface area contributed by atoms with Crippen LogP contribution in [0.3, 0.4) is 0 Å². The van der Waals surface area contributed by atoms with Crippen LogP contribution in [0.25, 0.3) is 0 Å². The van der Waals surface area contributed by atoms with Gasteiger partial charge >= 0.3 is 5.97 Å². The maximum Gasteiger partial charge on any atom is 0.326 e. The quantitative estimate of drug-likeness (QED) is 0.583. The monoisotopic (exact) mass is 298 g/mol. The molecule has 20 heavy (non-hydrogen) atoms. The Labute approximate surface area is 119 Å². The summed E-state index contributed by atoms with van der Waals surface area (Å²) in [6.45, 7) is 0. The second kappa shape index (κ2) is 7.49. The second-order valence-corrected chi connectivity index (χ2v) is 4.94. The van der Waals surface area contributed by atoms with Gasteiger partial charge in [-0.05, 0) is 24.5 Å². The SMILES string of the molecule is CSCC[C@@H](NC(=O)c1cccc([N+](=O)[O-])c1)C(=O)O. The molecule has 1 amide bonds. The molecule has 1 rings (SSSR count). The molecule has 0 aliphatic heterocycles. The van der Waals surface area contributed by atoms with Gasteiger partial charge in [-0.3, -0.25) is 14.9 Å². The van der Waals surface area contributed by atoms with E-state index in [2.05, 4.69) is 5.32 Å². The smallest absolute Gasteiger partial charge is 0.326 e. The van der Waals surface area contributed by atoms with Gasteiger partial charge in [0, 0.05) is 17.7 Å². The number of carboxylic acid groups (broad SMARTS) is 1. The summed E-state index contributed by atoms with van der Waals surface area (Å²) in [7, 11) is 0. The van der Waals surface area contributed by atoms with Crippen molar-refractivity contribution < 1.29 is 19.6 Å². The molecular weight excluding hydrogens is 284 g/mol. The van der Waals surface area contributed by atoms with E-state index in [1.807, 2.05) is 6.26 Å². The molecule has 1 atom stereocenters. The standard InChI is InChI=1S/C12H14N2O5S/c1-20-6-5-10(12(16)17)13-11(15)8-3-2-4-9(7-8)14(18)19/h2-4,7,10H,5-6H2,1H3,(H,13,15)(H,16,17)/t10-/m1/s1. The van der Waals surface area contributed by atoms with Crippen molar-refractivity contribution in [2.75, 3.05) is 12.0 Å². The van der Waals surface area contributed by atoms with Crippen molar-refractivity contribution in [2.24, 2.45) is 0 Å². The molecule has 0 aliphatic rings. The summed E-state index contributed by atoms with van der Waals surface area (Å²) in [5, 5.41) is 22.0. The first kappa shape index (κ1) is 16.0. The van der Waals surface area contributed by atoms with Crippen molar-refractivity contribution in [1.82, 2.24) is 5.32 Å². The minimum Gasteiger partial charge on any atom is -0.480 e. The summed E-state index contributed by atoms with van der Waals surface area (Å²) in [5.74, 6) is -1.17. The highest BCUT2D eigenvalue weighted by atomic mass is 32.2. The molecule has 2 N–H and O–H groups in total. The van der Waals surface area contributed by atoms with Crippen molar-refractivity contribution in [1.29, 1.82) is 0 Å². The van der Waals surface area contributed by atoms with E-state index < -0.39 is 22.8 Å². The fourth-order valence-electron chi connectivity index (χ4n) is 1.50. The Bertz CT molecular complexity index is 520. The number of carbonyl (C=O) groups excluding carboxylic acids is 1. The maximum absolute atomic E-state index is 11.9. The van der Waals surface area contributed by atoms with Gasteiger partial charge in [0.05, 0.1) is 4.92 Å². The number of carboxylic acids is 1. The van der Waals surface area contributed by atoms with Crippen LogP contribution in [-0.4, -0.2) is 40.0 Å². The van der Waals surface area contributed by atoms with Crippen molar-refractivity contribution in [2.45, 2.75) is 12.5 Å². The molecular formula is C12H14N2O5S. The third-order valence-electron chi connectivity index (χ3n) is 2.53. The Morgan fingerprint density at radius 2 is 2.20 bits per heavy atom. The summed E-state index contributed by atoms with van der Waals surface area (Å²) in [6, 6.07) is 4.15. The molecule has 1 aromatic rings. The van der Waals surface area contributed by atoms with Gasteiger partial charge in [-0.25, -0.2) is 4.79 Å². The van der Waals surface area contributed by atoms with E-state index in [1.165, 1.54) is 30.0 Å². The third kappa shape index (κ3) is 4.54. The van der Waals surface area contributed by atoms with Gasteiger partial charge in [-0.1, -0.05) is 6.07 Å². The molecule has 0 radical (unpaired) electrons. The van der Waals surface area contributed by atoms with Crippen molar-refractivity contribution in [3.8, 4) is 0 Å². The van der Waals surface area contributed by atoms with Crippen LogP contribution >= 0.6 is 11.8 Å². The normalized spacial score (nSPS) is 11.7. The molecule has 0 fully saturated rings. The number of rotatable bonds is 7. The molecule has 0 unspecified atom stereocenters. The van der Waals surface area contributed by atoms with Crippen LogP contribution in [0.1, 0.15) is 16.8 Å². The number of nitrogens with zero attached hydrogens (tertiary/aromatic N) is 1. The summed E-state index contributed by atoms with van der Waals surface area (Å²) < 4.78 is 0. The highest BCUT2D eigenvalue weighted by Gasteiger charge is 2.21. The number of thioether (sulfide) groups is 1. The van der Waals surface area contributed by atoms with E-state index in [-0.39, 0.29) is 17.7 Å². The van der Waals surface area contributed by atoms with Crippen molar-refractivity contribution in [3.63, 3.8) is 0 Å². The fourth-order valence-corrected chi connectivity index (χ4v) is 1.97. The third-order valence-corrected chi connectivity index (χ3v) is 3.18. The first-order valence-corrected chi connectivity index (χ1v) is 7.12. The number of hydrogen-bond acceptors (Lipinski definition) is 5. The van der Waals surface area contributed by atoms with Crippen LogP contribution in [0.5, 0.6) is 0 Å². The molecule has 0 saturated heterocycles. The minimum atomic E-state index is -1.13. The summed E-state index contributed by atoms with van der Waals surface area (Å²) in [4.78, 5) is 32.9. The van der Waals surface area contributed by atoms with Gasteiger partial charge in [-0.2, -0.15) is 11.8 Å². The van der Waals surface area contributed by atoms with E-state index in [4.69, 9.17) is 5.11 Å². The topological polar surface area (TPSA) is 110 Å². The summed E-state index contributed by atoms with van der Waals surface area (Å²) in [6.07, 6.45) is 2.12. The lowest BCUT2D eigenvalue weighted by Gasteiger charge is -2.13. The lowest BCUT2D eigenvalue weighted by atomic mass is 10.1. The Morgan fingerprint density at radius 1 is 1.50 bits per heavy atom. The van der Waals surface area contributed by atoms with Crippen LogP contribution in [0.4, 0.5) is 5.69 Å². The van der Waals surface area contributed by atoms with E-state index >= 15 is 0 Å². The summed E-state index contributed by atoms with van der Waals surface area (Å²) in [5.41, 5.74) is -0.150. The Hall–Kier alpha value is -2.09. The highest BCUT2D eigenvalue weighted by Crippen LogP contribution is 2.13. The van der Waals surface area contributed by atoms with Crippen LogP contribution in [0, 0.1) is 10.1 Å². The van der Waals surface area contributed by atoms with Gasteiger partial charge in [0.15, 0.2) is 0 Å². The zero-order valence-electron chi connectivity index (χ0n) is 10.7. The molecule has 1 aromatic carbocycles. The van der Waals surface area contributed by atoms with Gasteiger partial charge < -0.3 is 10.4 Å². The van der Waals surface area contributed by atoms with Crippen LogP contribution < -0.4 is 5.32 Å². The molecule has 108 valence electrons. The molecule has 0 aromatic heterocycles. The Kier molecular flexibility index (Phi) is 5.98. The molecule has 0 bridgehead atoms. The van der Waals surface area contributed by atoms with Gasteiger partial charge in [0.25, 0.3) is 11.6 Å². The number of non-ortho nitro benzene ring substituents is 1. The number of aliphatic carboxylic acids is 1. The van der Waals surface area contributed by atoms with E-state index in [9.17, 15) is 19.7 Å². The fraction of sp³-hybridized carbons (Fsp3) is 0.333. The number of nitrogens with one attached hydrogen (secondary N) is 1. The molecule has 0 saturated carbocycles. The molecule has 7 nitrogen and oxygen atoms in total. The van der Waals surface area contributed by atoms with E-state index in [1.54, 1.807) is 0 Å². The Morgan fingerprint density at radius 3 is 2.75 bits per heavy atom. The number of benzene rings is 1. The lowest BCUT2D eigenvalue weighted by molar-refractivity contribution is -0.384. The average molecular weight is 298 g/mol. The molecule has 8 heteroatoms. The second-order valence-electron chi connectivity index (χ2n) is 3.95.